The van der Waals surface area contributed by atoms with E-state index >= 15 is 0 Å². The van der Waals surface area contributed by atoms with Crippen molar-refractivity contribution in [3.8, 4) is 0 Å². The summed E-state index contributed by atoms with van der Waals surface area (Å²) in [4.78, 5) is 22.1. The maximum absolute atomic E-state index is 13.6. The van der Waals surface area contributed by atoms with Crippen molar-refractivity contribution in [2.24, 2.45) is 0 Å². The SMILES string of the molecule is Cc1cc(N(C)C)nc(CNC(=O)c2ccc(F)c(F)c2F)n1. The summed E-state index contributed by atoms with van der Waals surface area (Å²) in [5.74, 6) is -4.46. The van der Waals surface area contributed by atoms with Crippen LogP contribution in [0.1, 0.15) is 21.9 Å². The summed E-state index contributed by atoms with van der Waals surface area (Å²) in [6.45, 7) is 1.70. The number of hydrogen-bond acceptors (Lipinski definition) is 4. The van der Waals surface area contributed by atoms with Crippen LogP contribution in [0.15, 0.2) is 18.2 Å². The summed E-state index contributed by atoms with van der Waals surface area (Å²) in [6, 6.07) is 3.34. The number of anilines is 1. The Hall–Kier alpha value is -2.64. The van der Waals surface area contributed by atoms with Gasteiger partial charge in [0.25, 0.3) is 5.91 Å². The largest absolute Gasteiger partial charge is 0.363 e. The van der Waals surface area contributed by atoms with E-state index in [9.17, 15) is 18.0 Å². The van der Waals surface area contributed by atoms with E-state index in [2.05, 4.69) is 15.3 Å². The van der Waals surface area contributed by atoms with Crippen molar-refractivity contribution < 1.29 is 18.0 Å². The number of halogens is 3. The zero-order valence-corrected chi connectivity index (χ0v) is 12.8. The normalized spacial score (nSPS) is 10.5. The Morgan fingerprint density at radius 2 is 1.87 bits per heavy atom. The molecule has 1 amide bonds. The highest BCUT2D eigenvalue weighted by atomic mass is 19.2. The molecule has 0 fully saturated rings. The highest BCUT2D eigenvalue weighted by Gasteiger charge is 2.18. The molecule has 1 aromatic heterocycles. The van der Waals surface area contributed by atoms with Crippen LogP contribution in [0.4, 0.5) is 19.0 Å². The van der Waals surface area contributed by atoms with E-state index in [0.29, 0.717) is 23.4 Å². The van der Waals surface area contributed by atoms with Crippen LogP contribution >= 0.6 is 0 Å². The smallest absolute Gasteiger partial charge is 0.254 e. The van der Waals surface area contributed by atoms with E-state index in [1.165, 1.54) is 0 Å². The van der Waals surface area contributed by atoms with Crippen molar-refractivity contribution in [2.75, 3.05) is 19.0 Å². The number of rotatable bonds is 4. The van der Waals surface area contributed by atoms with E-state index in [0.717, 1.165) is 6.07 Å². The Morgan fingerprint density at radius 3 is 2.52 bits per heavy atom. The van der Waals surface area contributed by atoms with Crippen molar-refractivity contribution in [1.82, 2.24) is 15.3 Å². The maximum atomic E-state index is 13.6. The highest BCUT2D eigenvalue weighted by molar-refractivity contribution is 5.94. The molecule has 122 valence electrons. The van der Waals surface area contributed by atoms with Crippen molar-refractivity contribution in [3.05, 3.63) is 52.7 Å². The first kappa shape index (κ1) is 16.7. The summed E-state index contributed by atoms with van der Waals surface area (Å²) < 4.78 is 39.6. The molecule has 0 spiro atoms. The van der Waals surface area contributed by atoms with Gasteiger partial charge in [-0.05, 0) is 19.1 Å². The van der Waals surface area contributed by atoms with Gasteiger partial charge in [0, 0.05) is 25.9 Å². The summed E-state index contributed by atoms with van der Waals surface area (Å²) in [5, 5.41) is 2.38. The Labute approximate surface area is 131 Å². The average molecular weight is 324 g/mol. The Balaban J connectivity index is 2.15. The van der Waals surface area contributed by atoms with Crippen molar-refractivity contribution in [1.29, 1.82) is 0 Å². The molecule has 23 heavy (non-hydrogen) atoms. The molecule has 1 N–H and O–H groups in total. The standard InChI is InChI=1S/C15H15F3N4O/c1-8-6-12(22(2)3)21-11(20-8)7-19-15(23)9-4-5-10(16)14(18)13(9)17/h4-6H,7H2,1-3H3,(H,19,23). The second-order valence-corrected chi connectivity index (χ2v) is 5.08. The number of nitrogens with one attached hydrogen (secondary N) is 1. The first-order valence-electron chi connectivity index (χ1n) is 6.73. The van der Waals surface area contributed by atoms with Crippen LogP contribution in [-0.4, -0.2) is 30.0 Å². The summed E-state index contributed by atoms with van der Waals surface area (Å²) >= 11 is 0. The predicted molar refractivity (Wildman–Crippen MR) is 78.6 cm³/mol. The third-order valence-electron chi connectivity index (χ3n) is 3.03. The van der Waals surface area contributed by atoms with Crippen LogP contribution in [0.2, 0.25) is 0 Å². The number of aryl methyl sites for hydroxylation is 1. The zero-order valence-electron chi connectivity index (χ0n) is 12.8. The van der Waals surface area contributed by atoms with Gasteiger partial charge < -0.3 is 10.2 Å². The molecule has 8 heteroatoms. The van der Waals surface area contributed by atoms with Gasteiger partial charge in [-0.25, -0.2) is 23.1 Å². The fourth-order valence-electron chi connectivity index (χ4n) is 1.88. The van der Waals surface area contributed by atoms with Gasteiger partial charge >= 0.3 is 0 Å². The molecule has 0 radical (unpaired) electrons. The molecule has 0 atom stereocenters. The van der Waals surface area contributed by atoms with Gasteiger partial charge in [-0.3, -0.25) is 4.79 Å². The lowest BCUT2D eigenvalue weighted by Crippen LogP contribution is -2.26. The molecular formula is C15H15F3N4O. The van der Waals surface area contributed by atoms with Gasteiger partial charge in [-0.15, -0.1) is 0 Å². The lowest BCUT2D eigenvalue weighted by atomic mass is 10.2. The summed E-state index contributed by atoms with van der Waals surface area (Å²) in [6.07, 6.45) is 0. The molecule has 0 saturated carbocycles. The number of benzene rings is 1. The molecule has 5 nitrogen and oxygen atoms in total. The minimum absolute atomic E-state index is 0.0697. The van der Waals surface area contributed by atoms with Crippen LogP contribution in [0.5, 0.6) is 0 Å². The molecule has 1 aromatic carbocycles. The third-order valence-corrected chi connectivity index (χ3v) is 3.03. The molecule has 1 heterocycles. The highest BCUT2D eigenvalue weighted by Crippen LogP contribution is 2.15. The molecule has 0 aliphatic rings. The molecular weight excluding hydrogens is 309 g/mol. The van der Waals surface area contributed by atoms with Crippen molar-refractivity contribution >= 4 is 11.7 Å². The fraction of sp³-hybridized carbons (Fsp3) is 0.267. The number of carbonyl (C=O) groups is 1. The van der Waals surface area contributed by atoms with Gasteiger partial charge in [-0.2, -0.15) is 0 Å². The number of carbonyl (C=O) groups excluding carboxylic acids is 1. The van der Waals surface area contributed by atoms with Crippen molar-refractivity contribution in [3.63, 3.8) is 0 Å². The monoisotopic (exact) mass is 324 g/mol. The van der Waals surface area contributed by atoms with Gasteiger partial charge in [0.1, 0.15) is 11.6 Å². The van der Waals surface area contributed by atoms with E-state index < -0.39 is 28.9 Å². The number of amides is 1. The van der Waals surface area contributed by atoms with E-state index in [1.807, 2.05) is 0 Å². The van der Waals surface area contributed by atoms with Crippen LogP contribution in [0, 0.1) is 24.4 Å². The number of aromatic nitrogens is 2. The van der Waals surface area contributed by atoms with Gasteiger partial charge in [-0.1, -0.05) is 0 Å². The van der Waals surface area contributed by atoms with Gasteiger partial charge in [0.2, 0.25) is 0 Å². The van der Waals surface area contributed by atoms with E-state index in [1.54, 1.807) is 32.0 Å². The topological polar surface area (TPSA) is 58.1 Å². The average Bonchev–Trinajstić information content (AvgIpc) is 2.50. The first-order valence-corrected chi connectivity index (χ1v) is 6.73. The summed E-state index contributed by atoms with van der Waals surface area (Å²) in [5.41, 5.74) is 0.122. The first-order chi connectivity index (χ1) is 10.8. The van der Waals surface area contributed by atoms with Crippen LogP contribution in [0.3, 0.4) is 0 Å². The molecule has 0 unspecified atom stereocenters. The molecule has 2 aromatic rings. The number of hydrogen-bond donors (Lipinski definition) is 1. The molecule has 0 saturated heterocycles. The zero-order chi connectivity index (χ0) is 17.1. The van der Waals surface area contributed by atoms with Gasteiger partial charge in [0.05, 0.1) is 12.1 Å². The molecule has 0 aliphatic heterocycles. The predicted octanol–water partition coefficient (Wildman–Crippen LogP) is 2.20. The third kappa shape index (κ3) is 3.77. The second kappa shape index (κ2) is 6.64. The van der Waals surface area contributed by atoms with Crippen molar-refractivity contribution in [2.45, 2.75) is 13.5 Å². The minimum Gasteiger partial charge on any atom is -0.363 e. The lowest BCUT2D eigenvalue weighted by Gasteiger charge is -2.13. The lowest BCUT2D eigenvalue weighted by molar-refractivity contribution is 0.0944. The van der Waals surface area contributed by atoms with Gasteiger partial charge in [0.15, 0.2) is 17.5 Å². The minimum atomic E-state index is -1.68. The molecule has 2 rings (SSSR count). The van der Waals surface area contributed by atoms with Crippen LogP contribution in [0.25, 0.3) is 0 Å². The molecule has 0 bridgehead atoms. The summed E-state index contributed by atoms with van der Waals surface area (Å²) in [7, 11) is 3.61. The fourth-order valence-corrected chi connectivity index (χ4v) is 1.88. The maximum Gasteiger partial charge on any atom is 0.254 e. The van der Waals surface area contributed by atoms with Crippen LogP contribution in [-0.2, 0) is 6.54 Å². The van der Waals surface area contributed by atoms with E-state index in [-0.39, 0.29) is 6.54 Å². The Bertz CT molecular complexity index is 750. The van der Waals surface area contributed by atoms with Crippen LogP contribution < -0.4 is 10.2 Å². The quantitative estimate of drug-likeness (QED) is 0.876. The Kier molecular flexibility index (Phi) is 4.83. The Morgan fingerprint density at radius 1 is 1.17 bits per heavy atom. The molecule has 0 aliphatic carbocycles. The number of nitrogens with zero attached hydrogens (tertiary/aromatic N) is 3. The second-order valence-electron chi connectivity index (χ2n) is 5.08. The van der Waals surface area contributed by atoms with E-state index in [4.69, 9.17) is 0 Å².